The molecule has 3 nitrogen and oxygen atoms in total. The predicted molar refractivity (Wildman–Crippen MR) is 73.3 cm³/mol. The van der Waals surface area contributed by atoms with Gasteiger partial charge >= 0.3 is 0 Å². The summed E-state index contributed by atoms with van der Waals surface area (Å²) < 4.78 is 13.5. The maximum absolute atomic E-state index is 13.5. The number of aromatic nitrogens is 1. The maximum Gasteiger partial charge on any atom is 0.167 e. The molecule has 1 aromatic carbocycles. The van der Waals surface area contributed by atoms with Crippen LogP contribution in [-0.2, 0) is 0 Å². The third-order valence-corrected chi connectivity index (χ3v) is 2.66. The molecule has 0 atom stereocenters. The summed E-state index contributed by atoms with van der Waals surface area (Å²) in [5.41, 5.74) is 1.85. The van der Waals surface area contributed by atoms with Crippen molar-refractivity contribution in [2.75, 3.05) is 24.3 Å². The molecule has 1 aromatic heterocycles. The molecule has 2 rings (SSSR count). The van der Waals surface area contributed by atoms with Crippen LogP contribution in [0.15, 0.2) is 36.5 Å². The Balaban J connectivity index is 2.18. The molecule has 0 radical (unpaired) electrons. The van der Waals surface area contributed by atoms with Gasteiger partial charge in [-0.1, -0.05) is 11.6 Å². The maximum atomic E-state index is 13.5. The molecule has 0 aliphatic carbocycles. The smallest absolute Gasteiger partial charge is 0.167 e. The van der Waals surface area contributed by atoms with Gasteiger partial charge < -0.3 is 10.2 Å². The first kappa shape index (κ1) is 12.6. The fraction of sp³-hybridized carbons (Fsp3) is 0.154. The van der Waals surface area contributed by atoms with E-state index in [1.165, 1.54) is 12.3 Å². The van der Waals surface area contributed by atoms with Crippen LogP contribution in [0.5, 0.6) is 0 Å². The SMILES string of the molecule is CN(C)c1ccc(Nc2ncc(Cl)cc2F)cc1. The van der Waals surface area contributed by atoms with Crippen molar-refractivity contribution in [1.29, 1.82) is 0 Å². The van der Waals surface area contributed by atoms with Gasteiger partial charge in [-0.2, -0.15) is 0 Å². The summed E-state index contributed by atoms with van der Waals surface area (Å²) in [5, 5.41) is 3.18. The highest BCUT2D eigenvalue weighted by atomic mass is 35.5. The zero-order chi connectivity index (χ0) is 13.1. The topological polar surface area (TPSA) is 28.2 Å². The van der Waals surface area contributed by atoms with Crippen LogP contribution in [0.3, 0.4) is 0 Å². The van der Waals surface area contributed by atoms with Crippen LogP contribution in [0, 0.1) is 5.82 Å². The number of hydrogen-bond acceptors (Lipinski definition) is 3. The summed E-state index contributed by atoms with van der Waals surface area (Å²) >= 11 is 5.64. The fourth-order valence-corrected chi connectivity index (χ4v) is 1.63. The van der Waals surface area contributed by atoms with Crippen LogP contribution >= 0.6 is 11.6 Å². The molecule has 0 saturated heterocycles. The van der Waals surface area contributed by atoms with Crippen LogP contribution in [0.2, 0.25) is 5.02 Å². The lowest BCUT2D eigenvalue weighted by Gasteiger charge is -2.13. The van der Waals surface area contributed by atoms with E-state index in [0.717, 1.165) is 11.4 Å². The molecule has 1 N–H and O–H groups in total. The minimum absolute atomic E-state index is 0.164. The Kier molecular flexibility index (Phi) is 3.67. The van der Waals surface area contributed by atoms with Crippen molar-refractivity contribution in [3.05, 3.63) is 47.4 Å². The van der Waals surface area contributed by atoms with Crippen molar-refractivity contribution >= 4 is 28.8 Å². The van der Waals surface area contributed by atoms with E-state index in [9.17, 15) is 4.39 Å². The Labute approximate surface area is 110 Å². The highest BCUT2D eigenvalue weighted by Gasteiger charge is 2.05. The quantitative estimate of drug-likeness (QED) is 0.918. The first-order chi connectivity index (χ1) is 8.56. The molecular formula is C13H13ClFN3. The second kappa shape index (κ2) is 5.23. The second-order valence-electron chi connectivity index (χ2n) is 4.05. The van der Waals surface area contributed by atoms with Gasteiger partial charge in [-0.3, -0.25) is 0 Å². The molecule has 0 aliphatic heterocycles. The van der Waals surface area contributed by atoms with Crippen LogP contribution in [-0.4, -0.2) is 19.1 Å². The highest BCUT2D eigenvalue weighted by molar-refractivity contribution is 6.30. The van der Waals surface area contributed by atoms with E-state index in [-0.39, 0.29) is 10.8 Å². The van der Waals surface area contributed by atoms with Crippen molar-refractivity contribution in [2.24, 2.45) is 0 Å². The Bertz CT molecular complexity index is 540. The Morgan fingerprint density at radius 1 is 1.22 bits per heavy atom. The number of pyridine rings is 1. The number of hydrogen-bond donors (Lipinski definition) is 1. The molecule has 0 aliphatic rings. The molecule has 1 heterocycles. The summed E-state index contributed by atoms with van der Waals surface area (Å²) in [7, 11) is 3.92. The molecule has 2 aromatic rings. The van der Waals surface area contributed by atoms with E-state index in [1.807, 2.05) is 43.3 Å². The zero-order valence-corrected chi connectivity index (χ0v) is 10.9. The second-order valence-corrected chi connectivity index (χ2v) is 4.49. The normalized spacial score (nSPS) is 10.2. The molecule has 0 amide bonds. The fourth-order valence-electron chi connectivity index (χ4n) is 1.49. The molecule has 0 unspecified atom stereocenters. The molecule has 18 heavy (non-hydrogen) atoms. The van der Waals surface area contributed by atoms with Crippen LogP contribution in [0.25, 0.3) is 0 Å². The lowest BCUT2D eigenvalue weighted by molar-refractivity contribution is 0.626. The van der Waals surface area contributed by atoms with Gasteiger partial charge in [-0.15, -0.1) is 0 Å². The van der Waals surface area contributed by atoms with Crippen molar-refractivity contribution in [3.8, 4) is 0 Å². The van der Waals surface area contributed by atoms with Gasteiger partial charge in [-0.05, 0) is 30.3 Å². The summed E-state index contributed by atoms with van der Waals surface area (Å²) in [6, 6.07) is 8.84. The van der Waals surface area contributed by atoms with Gasteiger partial charge in [0.2, 0.25) is 0 Å². The average molecular weight is 266 g/mol. The summed E-state index contributed by atoms with van der Waals surface area (Å²) in [6.07, 6.45) is 1.40. The van der Waals surface area contributed by atoms with Crippen molar-refractivity contribution in [1.82, 2.24) is 4.98 Å². The molecule has 94 valence electrons. The zero-order valence-electron chi connectivity index (χ0n) is 10.1. The van der Waals surface area contributed by atoms with Gasteiger partial charge in [0.05, 0.1) is 5.02 Å². The van der Waals surface area contributed by atoms with Crippen LogP contribution in [0.1, 0.15) is 0 Å². The number of anilines is 3. The van der Waals surface area contributed by atoms with E-state index in [0.29, 0.717) is 0 Å². The minimum Gasteiger partial charge on any atom is -0.378 e. The summed E-state index contributed by atoms with van der Waals surface area (Å²) in [6.45, 7) is 0. The third kappa shape index (κ3) is 2.90. The standard InChI is InChI=1S/C13H13ClFN3/c1-18(2)11-5-3-10(4-6-11)17-13-12(15)7-9(14)8-16-13/h3-8H,1-2H3,(H,16,17). The Morgan fingerprint density at radius 3 is 2.44 bits per heavy atom. The van der Waals surface area contributed by atoms with Gasteiger partial charge in [0, 0.05) is 31.7 Å². The molecule has 0 spiro atoms. The highest BCUT2D eigenvalue weighted by Crippen LogP contribution is 2.22. The van der Waals surface area contributed by atoms with Crippen LogP contribution < -0.4 is 10.2 Å². The van der Waals surface area contributed by atoms with Crippen LogP contribution in [0.4, 0.5) is 21.6 Å². The van der Waals surface area contributed by atoms with E-state index >= 15 is 0 Å². The van der Waals surface area contributed by atoms with E-state index in [1.54, 1.807) is 0 Å². The first-order valence-electron chi connectivity index (χ1n) is 5.42. The number of nitrogens with zero attached hydrogens (tertiary/aromatic N) is 2. The molecular weight excluding hydrogens is 253 g/mol. The lowest BCUT2D eigenvalue weighted by atomic mass is 10.2. The number of halogens is 2. The molecule has 5 heteroatoms. The van der Waals surface area contributed by atoms with Crippen molar-refractivity contribution in [2.45, 2.75) is 0 Å². The van der Waals surface area contributed by atoms with Crippen molar-refractivity contribution < 1.29 is 4.39 Å². The van der Waals surface area contributed by atoms with Gasteiger partial charge in [0.1, 0.15) is 0 Å². The number of rotatable bonds is 3. The monoisotopic (exact) mass is 265 g/mol. The summed E-state index contributed by atoms with van der Waals surface area (Å²) in [5.74, 6) is -0.309. The van der Waals surface area contributed by atoms with E-state index in [2.05, 4.69) is 10.3 Å². The first-order valence-corrected chi connectivity index (χ1v) is 5.79. The molecule has 0 fully saturated rings. The Morgan fingerprint density at radius 2 is 1.89 bits per heavy atom. The van der Waals surface area contributed by atoms with E-state index in [4.69, 9.17) is 11.6 Å². The molecule has 0 bridgehead atoms. The minimum atomic E-state index is -0.473. The van der Waals surface area contributed by atoms with Gasteiger partial charge in [0.25, 0.3) is 0 Å². The lowest BCUT2D eigenvalue weighted by Crippen LogP contribution is -2.08. The van der Waals surface area contributed by atoms with E-state index < -0.39 is 5.82 Å². The number of benzene rings is 1. The Hall–Kier alpha value is -1.81. The predicted octanol–water partition coefficient (Wildman–Crippen LogP) is 3.68. The van der Waals surface area contributed by atoms with Gasteiger partial charge in [0.15, 0.2) is 11.6 Å². The van der Waals surface area contributed by atoms with Gasteiger partial charge in [-0.25, -0.2) is 9.37 Å². The average Bonchev–Trinajstić information content (AvgIpc) is 2.33. The third-order valence-electron chi connectivity index (χ3n) is 2.45. The number of nitrogens with one attached hydrogen (secondary N) is 1. The molecule has 0 saturated carbocycles. The largest absolute Gasteiger partial charge is 0.378 e. The van der Waals surface area contributed by atoms with Crippen molar-refractivity contribution in [3.63, 3.8) is 0 Å². The summed E-state index contributed by atoms with van der Waals surface area (Å²) in [4.78, 5) is 5.89.